The van der Waals surface area contributed by atoms with E-state index in [4.69, 9.17) is 9.84 Å². The van der Waals surface area contributed by atoms with E-state index in [1.54, 1.807) is 6.07 Å². The Kier molecular flexibility index (Phi) is 4.92. The number of carbonyl (C=O) groups is 1. The Labute approximate surface area is 116 Å². The molecule has 0 heterocycles. The summed E-state index contributed by atoms with van der Waals surface area (Å²) < 4.78 is 18.4. The lowest BCUT2D eigenvalue weighted by Crippen LogP contribution is -2.36. The van der Waals surface area contributed by atoms with E-state index < -0.39 is 11.9 Å². The van der Waals surface area contributed by atoms with E-state index in [0.29, 0.717) is 12.8 Å². The van der Waals surface area contributed by atoms with Gasteiger partial charge in [-0.1, -0.05) is 12.1 Å². The Morgan fingerprint density at radius 1 is 1.40 bits per heavy atom. The van der Waals surface area contributed by atoms with Gasteiger partial charge in [-0.25, -0.2) is 4.39 Å². The van der Waals surface area contributed by atoms with E-state index in [0.717, 1.165) is 0 Å². The fourth-order valence-corrected chi connectivity index (χ4v) is 2.39. The Balaban J connectivity index is 1.78. The van der Waals surface area contributed by atoms with Crippen LogP contribution in [0.15, 0.2) is 24.3 Å². The fraction of sp³-hybridized carbons (Fsp3) is 0.500. The molecule has 0 radical (unpaired) electrons. The van der Waals surface area contributed by atoms with Crippen LogP contribution >= 0.6 is 0 Å². The topological polar surface area (TPSA) is 78.8 Å². The van der Waals surface area contributed by atoms with Crippen LogP contribution in [-0.4, -0.2) is 41.5 Å². The molecule has 1 aliphatic rings. The molecule has 0 saturated heterocycles. The number of aliphatic hydroxyl groups excluding tert-OH is 2. The van der Waals surface area contributed by atoms with E-state index in [2.05, 4.69) is 5.32 Å². The number of rotatable bonds is 5. The highest BCUT2D eigenvalue weighted by Crippen LogP contribution is 2.25. The predicted molar refractivity (Wildman–Crippen MR) is 69.6 cm³/mol. The summed E-state index contributed by atoms with van der Waals surface area (Å²) >= 11 is 0. The Morgan fingerprint density at radius 3 is 2.80 bits per heavy atom. The van der Waals surface area contributed by atoms with Crippen molar-refractivity contribution in [1.82, 2.24) is 5.32 Å². The second kappa shape index (κ2) is 6.67. The first-order valence-corrected chi connectivity index (χ1v) is 6.55. The summed E-state index contributed by atoms with van der Waals surface area (Å²) in [5.41, 5.74) is 0. The Morgan fingerprint density at radius 2 is 2.15 bits per heavy atom. The summed E-state index contributed by atoms with van der Waals surface area (Å²) in [6.45, 7) is -0.378. The van der Waals surface area contributed by atoms with Gasteiger partial charge < -0.3 is 20.3 Å². The molecule has 1 aromatic carbocycles. The van der Waals surface area contributed by atoms with Crippen molar-refractivity contribution in [3.8, 4) is 5.75 Å². The van der Waals surface area contributed by atoms with Crippen molar-refractivity contribution in [2.75, 3.05) is 13.2 Å². The van der Waals surface area contributed by atoms with Crippen molar-refractivity contribution >= 4 is 5.91 Å². The van der Waals surface area contributed by atoms with E-state index >= 15 is 0 Å². The average molecular weight is 283 g/mol. The van der Waals surface area contributed by atoms with Crippen molar-refractivity contribution in [2.45, 2.75) is 25.0 Å². The first-order chi connectivity index (χ1) is 9.60. The zero-order chi connectivity index (χ0) is 14.5. The first kappa shape index (κ1) is 14.7. The number of hydrogen-bond acceptors (Lipinski definition) is 4. The zero-order valence-corrected chi connectivity index (χ0v) is 11.0. The predicted octanol–water partition coefficient (Wildman–Crippen LogP) is 0.452. The van der Waals surface area contributed by atoms with E-state index in [9.17, 15) is 14.3 Å². The van der Waals surface area contributed by atoms with E-state index in [1.807, 2.05) is 0 Å². The van der Waals surface area contributed by atoms with Crippen LogP contribution in [0.5, 0.6) is 5.75 Å². The van der Waals surface area contributed by atoms with Gasteiger partial charge in [-0.05, 0) is 25.0 Å². The maximum absolute atomic E-state index is 13.3. The Hall–Kier alpha value is -1.66. The number of carbonyl (C=O) groups excluding carboxylic acids is 1. The molecule has 6 heteroatoms. The molecular formula is C14H18FNO4. The first-order valence-electron chi connectivity index (χ1n) is 6.55. The fourth-order valence-electron chi connectivity index (χ4n) is 2.39. The van der Waals surface area contributed by atoms with Crippen LogP contribution < -0.4 is 10.1 Å². The number of halogens is 1. The summed E-state index contributed by atoms with van der Waals surface area (Å²) in [7, 11) is 0. The molecule has 3 unspecified atom stereocenters. The lowest BCUT2D eigenvalue weighted by molar-refractivity contribution is -0.123. The number of aliphatic hydroxyl groups is 2. The number of ether oxygens (including phenoxy) is 1. The maximum atomic E-state index is 13.3. The SMILES string of the molecule is O=C(COc1ccccc1F)NC1CC(O)C(CO)C1. The summed E-state index contributed by atoms with van der Waals surface area (Å²) in [6, 6.07) is 5.68. The van der Waals surface area contributed by atoms with Crippen LogP contribution in [0.2, 0.25) is 0 Å². The number of para-hydroxylation sites is 1. The monoisotopic (exact) mass is 283 g/mol. The highest BCUT2D eigenvalue weighted by Gasteiger charge is 2.33. The molecule has 1 aliphatic carbocycles. The smallest absolute Gasteiger partial charge is 0.258 e. The molecule has 1 aromatic rings. The lowest BCUT2D eigenvalue weighted by Gasteiger charge is -2.13. The van der Waals surface area contributed by atoms with E-state index in [1.165, 1.54) is 18.2 Å². The van der Waals surface area contributed by atoms with Crippen molar-refractivity contribution in [3.63, 3.8) is 0 Å². The number of amides is 1. The van der Waals surface area contributed by atoms with Crippen LogP contribution in [0.1, 0.15) is 12.8 Å². The minimum absolute atomic E-state index is 0.0299. The minimum Gasteiger partial charge on any atom is -0.481 e. The van der Waals surface area contributed by atoms with Crippen molar-refractivity contribution in [1.29, 1.82) is 0 Å². The molecule has 110 valence electrons. The van der Waals surface area contributed by atoms with Gasteiger partial charge in [0.15, 0.2) is 18.2 Å². The third kappa shape index (κ3) is 3.68. The van der Waals surface area contributed by atoms with Gasteiger partial charge in [-0.2, -0.15) is 0 Å². The molecule has 3 N–H and O–H groups in total. The van der Waals surface area contributed by atoms with Crippen LogP contribution in [0, 0.1) is 11.7 Å². The van der Waals surface area contributed by atoms with Gasteiger partial charge in [0.2, 0.25) is 0 Å². The van der Waals surface area contributed by atoms with Crippen molar-refractivity contribution < 1.29 is 24.1 Å². The summed E-state index contributed by atoms with van der Waals surface area (Å²) in [4.78, 5) is 11.7. The van der Waals surface area contributed by atoms with Gasteiger partial charge in [-0.15, -0.1) is 0 Å². The molecule has 0 aliphatic heterocycles. The van der Waals surface area contributed by atoms with Gasteiger partial charge in [-0.3, -0.25) is 4.79 Å². The number of hydrogen-bond donors (Lipinski definition) is 3. The molecule has 0 aromatic heterocycles. The third-order valence-electron chi connectivity index (χ3n) is 3.45. The van der Waals surface area contributed by atoms with Crippen molar-refractivity contribution in [2.24, 2.45) is 5.92 Å². The van der Waals surface area contributed by atoms with Crippen LogP contribution in [0.4, 0.5) is 4.39 Å². The van der Waals surface area contributed by atoms with Crippen LogP contribution in [0.25, 0.3) is 0 Å². The van der Waals surface area contributed by atoms with Crippen molar-refractivity contribution in [3.05, 3.63) is 30.1 Å². The molecule has 3 atom stereocenters. The molecule has 20 heavy (non-hydrogen) atoms. The largest absolute Gasteiger partial charge is 0.481 e. The van der Waals surface area contributed by atoms with E-state index in [-0.39, 0.29) is 36.8 Å². The third-order valence-corrected chi connectivity index (χ3v) is 3.45. The zero-order valence-electron chi connectivity index (χ0n) is 11.0. The summed E-state index contributed by atoms with van der Waals surface area (Å²) in [6.07, 6.45) is 0.345. The summed E-state index contributed by atoms with van der Waals surface area (Å²) in [5.74, 6) is -1.06. The molecule has 1 saturated carbocycles. The standard InChI is InChI=1S/C14H18FNO4/c15-11-3-1-2-4-13(11)20-8-14(19)16-10-5-9(7-17)12(18)6-10/h1-4,9-10,12,17-18H,5-8H2,(H,16,19). The number of benzene rings is 1. The molecule has 1 amide bonds. The Bertz CT molecular complexity index is 468. The van der Waals surface area contributed by atoms with Gasteiger partial charge in [0.05, 0.1) is 6.10 Å². The molecular weight excluding hydrogens is 265 g/mol. The second-order valence-corrected chi connectivity index (χ2v) is 4.96. The van der Waals surface area contributed by atoms with Gasteiger partial charge in [0, 0.05) is 18.6 Å². The quantitative estimate of drug-likeness (QED) is 0.733. The van der Waals surface area contributed by atoms with Gasteiger partial charge in [0.1, 0.15) is 0 Å². The van der Waals surface area contributed by atoms with Crippen LogP contribution in [-0.2, 0) is 4.79 Å². The maximum Gasteiger partial charge on any atom is 0.258 e. The normalized spacial score (nSPS) is 25.4. The van der Waals surface area contributed by atoms with Gasteiger partial charge >= 0.3 is 0 Å². The second-order valence-electron chi connectivity index (χ2n) is 4.96. The minimum atomic E-state index is -0.599. The highest BCUT2D eigenvalue weighted by molar-refractivity contribution is 5.77. The molecule has 0 spiro atoms. The highest BCUT2D eigenvalue weighted by atomic mass is 19.1. The molecule has 2 rings (SSSR count). The number of nitrogens with one attached hydrogen (secondary N) is 1. The van der Waals surface area contributed by atoms with Gasteiger partial charge in [0.25, 0.3) is 5.91 Å². The molecule has 1 fully saturated rings. The molecule has 0 bridgehead atoms. The lowest BCUT2D eigenvalue weighted by atomic mass is 10.1. The average Bonchev–Trinajstić information content (AvgIpc) is 2.77. The summed E-state index contributed by atoms with van der Waals surface area (Å²) in [5, 5.41) is 21.4. The molecule has 5 nitrogen and oxygen atoms in total. The van der Waals surface area contributed by atoms with Crippen LogP contribution in [0.3, 0.4) is 0 Å².